The van der Waals surface area contributed by atoms with Gasteiger partial charge in [0.05, 0.1) is 18.8 Å². The maximum absolute atomic E-state index is 13.8. The molecular formula is C14H15FN2O3S. The number of sulfonamides is 1. The van der Waals surface area contributed by atoms with E-state index in [0.29, 0.717) is 11.3 Å². The Morgan fingerprint density at radius 1 is 1.29 bits per heavy atom. The molecule has 5 nitrogen and oxygen atoms in total. The second kappa shape index (κ2) is 6.30. The Bertz CT molecular complexity index is 720. The van der Waals surface area contributed by atoms with E-state index < -0.39 is 20.7 Å². The summed E-state index contributed by atoms with van der Waals surface area (Å²) in [6, 6.07) is 8.67. The molecule has 0 saturated heterocycles. The summed E-state index contributed by atoms with van der Waals surface area (Å²) in [4.78, 5) is 3.59. The largest absolute Gasteiger partial charge is 0.392 e. The van der Waals surface area contributed by atoms with Gasteiger partial charge < -0.3 is 5.11 Å². The molecule has 0 aliphatic rings. The Kier molecular flexibility index (Phi) is 4.66. The highest BCUT2D eigenvalue weighted by Crippen LogP contribution is 2.21. The molecule has 1 N–H and O–H groups in total. The Labute approximate surface area is 122 Å². The minimum Gasteiger partial charge on any atom is -0.392 e. The first-order valence-electron chi connectivity index (χ1n) is 6.20. The Morgan fingerprint density at radius 2 is 2.05 bits per heavy atom. The summed E-state index contributed by atoms with van der Waals surface area (Å²) in [5.41, 5.74) is 0.892. The van der Waals surface area contributed by atoms with Crippen LogP contribution in [0, 0.1) is 5.82 Å². The van der Waals surface area contributed by atoms with Crippen LogP contribution in [0.2, 0.25) is 0 Å². The van der Waals surface area contributed by atoms with Gasteiger partial charge in [-0.2, -0.15) is 4.31 Å². The fraction of sp³-hybridized carbons (Fsp3) is 0.214. The topological polar surface area (TPSA) is 70.5 Å². The van der Waals surface area contributed by atoms with Crippen LogP contribution in [0.25, 0.3) is 0 Å². The van der Waals surface area contributed by atoms with Gasteiger partial charge in [0.2, 0.25) is 10.0 Å². The highest BCUT2D eigenvalue weighted by molar-refractivity contribution is 7.89. The van der Waals surface area contributed by atoms with Crippen molar-refractivity contribution in [2.75, 3.05) is 7.05 Å². The van der Waals surface area contributed by atoms with Crippen LogP contribution in [0.4, 0.5) is 4.39 Å². The van der Waals surface area contributed by atoms with E-state index in [1.54, 1.807) is 24.4 Å². The second-order valence-electron chi connectivity index (χ2n) is 4.51. The van der Waals surface area contributed by atoms with E-state index in [-0.39, 0.29) is 13.2 Å². The van der Waals surface area contributed by atoms with Crippen LogP contribution in [0.1, 0.15) is 11.3 Å². The first kappa shape index (κ1) is 15.6. The summed E-state index contributed by atoms with van der Waals surface area (Å²) in [5, 5.41) is 9.05. The number of hydrogen-bond acceptors (Lipinski definition) is 4. The first-order chi connectivity index (χ1) is 9.95. The van der Waals surface area contributed by atoms with Crippen molar-refractivity contribution in [1.82, 2.24) is 9.29 Å². The lowest BCUT2D eigenvalue weighted by Gasteiger charge is -2.17. The lowest BCUT2D eigenvalue weighted by molar-refractivity contribution is 0.281. The van der Waals surface area contributed by atoms with Gasteiger partial charge in [-0.3, -0.25) is 4.98 Å². The fourth-order valence-electron chi connectivity index (χ4n) is 1.82. The van der Waals surface area contributed by atoms with E-state index >= 15 is 0 Å². The van der Waals surface area contributed by atoms with Crippen molar-refractivity contribution in [1.29, 1.82) is 0 Å². The molecule has 1 aromatic heterocycles. The third-order valence-corrected chi connectivity index (χ3v) is 4.80. The lowest BCUT2D eigenvalue weighted by Crippen LogP contribution is -2.27. The molecule has 0 atom stereocenters. The number of nitrogens with zero attached hydrogens (tertiary/aromatic N) is 2. The molecular weight excluding hydrogens is 295 g/mol. The molecule has 2 aromatic rings. The summed E-state index contributed by atoms with van der Waals surface area (Å²) in [6.07, 6.45) is 1.56. The zero-order chi connectivity index (χ0) is 15.5. The number of aliphatic hydroxyl groups excluding tert-OH is 1. The molecule has 0 saturated carbocycles. The molecule has 0 bridgehead atoms. The van der Waals surface area contributed by atoms with Crippen molar-refractivity contribution in [2.45, 2.75) is 18.0 Å². The van der Waals surface area contributed by atoms with Crippen molar-refractivity contribution in [3.05, 3.63) is 59.7 Å². The van der Waals surface area contributed by atoms with Gasteiger partial charge in [-0.1, -0.05) is 12.1 Å². The third kappa shape index (κ3) is 3.44. The van der Waals surface area contributed by atoms with Gasteiger partial charge in [-0.15, -0.1) is 0 Å². The van der Waals surface area contributed by atoms with Crippen LogP contribution in [-0.2, 0) is 23.2 Å². The quantitative estimate of drug-likeness (QED) is 0.909. The van der Waals surface area contributed by atoms with Gasteiger partial charge in [-0.25, -0.2) is 12.8 Å². The third-order valence-electron chi connectivity index (χ3n) is 2.98. The van der Waals surface area contributed by atoms with Gasteiger partial charge in [0, 0.05) is 13.2 Å². The van der Waals surface area contributed by atoms with Crippen molar-refractivity contribution in [3.8, 4) is 0 Å². The number of benzene rings is 1. The van der Waals surface area contributed by atoms with Crippen LogP contribution in [0.15, 0.2) is 47.5 Å². The molecule has 2 rings (SSSR count). The van der Waals surface area contributed by atoms with E-state index in [1.807, 2.05) is 0 Å². The predicted octanol–water partition coefficient (Wildman–Crippen LogP) is 1.53. The van der Waals surface area contributed by atoms with E-state index in [4.69, 9.17) is 5.11 Å². The average molecular weight is 310 g/mol. The summed E-state index contributed by atoms with van der Waals surface area (Å²) < 4.78 is 39.6. The molecule has 0 aliphatic carbocycles. The van der Waals surface area contributed by atoms with Crippen molar-refractivity contribution >= 4 is 10.0 Å². The lowest BCUT2D eigenvalue weighted by atomic mass is 10.2. The second-order valence-corrected chi connectivity index (χ2v) is 6.52. The molecule has 0 unspecified atom stereocenters. The zero-order valence-corrected chi connectivity index (χ0v) is 12.2. The molecule has 0 radical (unpaired) electrons. The predicted molar refractivity (Wildman–Crippen MR) is 75.2 cm³/mol. The minimum atomic E-state index is -3.99. The minimum absolute atomic E-state index is 0.0337. The van der Waals surface area contributed by atoms with E-state index in [2.05, 4.69) is 4.98 Å². The fourth-order valence-corrected chi connectivity index (χ4v) is 3.07. The highest BCUT2D eigenvalue weighted by Gasteiger charge is 2.25. The first-order valence-corrected chi connectivity index (χ1v) is 7.64. The van der Waals surface area contributed by atoms with Crippen LogP contribution < -0.4 is 0 Å². The Balaban J connectivity index is 2.33. The standard InChI is InChI=1S/C14H15FN2O3S/c1-17(9-12-4-2-3-7-16-12)21(19,20)14-8-11(10-18)5-6-13(14)15/h2-8,18H,9-10H2,1H3. The van der Waals surface area contributed by atoms with Crippen LogP contribution in [0.5, 0.6) is 0 Å². The number of hydrogen-bond donors (Lipinski definition) is 1. The van der Waals surface area contributed by atoms with Crippen LogP contribution in [-0.4, -0.2) is 29.9 Å². The van der Waals surface area contributed by atoms with Crippen molar-refractivity contribution in [2.24, 2.45) is 0 Å². The molecule has 1 heterocycles. The molecule has 0 spiro atoms. The maximum atomic E-state index is 13.8. The summed E-state index contributed by atoms with van der Waals surface area (Å²) in [7, 11) is -2.64. The zero-order valence-electron chi connectivity index (χ0n) is 11.4. The monoisotopic (exact) mass is 310 g/mol. The van der Waals surface area contributed by atoms with Gasteiger partial charge in [-0.05, 0) is 29.8 Å². The molecule has 0 amide bonds. The SMILES string of the molecule is CN(Cc1ccccn1)S(=O)(=O)c1cc(CO)ccc1F. The van der Waals surface area contributed by atoms with Crippen molar-refractivity contribution < 1.29 is 17.9 Å². The van der Waals surface area contributed by atoms with Gasteiger partial charge in [0.15, 0.2) is 0 Å². The normalized spacial score (nSPS) is 11.8. The number of rotatable bonds is 5. The average Bonchev–Trinajstić information content (AvgIpc) is 2.48. The number of halogens is 1. The van der Waals surface area contributed by atoms with E-state index in [9.17, 15) is 12.8 Å². The molecule has 21 heavy (non-hydrogen) atoms. The summed E-state index contributed by atoms with van der Waals surface area (Å²) in [6.45, 7) is -0.321. The molecule has 7 heteroatoms. The summed E-state index contributed by atoms with van der Waals surface area (Å²) in [5.74, 6) is -0.847. The number of aromatic nitrogens is 1. The summed E-state index contributed by atoms with van der Waals surface area (Å²) >= 11 is 0. The molecule has 0 fully saturated rings. The molecule has 0 aliphatic heterocycles. The van der Waals surface area contributed by atoms with Crippen LogP contribution >= 0.6 is 0 Å². The van der Waals surface area contributed by atoms with E-state index in [1.165, 1.54) is 13.1 Å². The number of pyridine rings is 1. The van der Waals surface area contributed by atoms with Gasteiger partial charge in [0.25, 0.3) is 0 Å². The van der Waals surface area contributed by atoms with Gasteiger partial charge in [0.1, 0.15) is 10.7 Å². The smallest absolute Gasteiger partial charge is 0.246 e. The van der Waals surface area contributed by atoms with Crippen LogP contribution in [0.3, 0.4) is 0 Å². The molecule has 112 valence electrons. The van der Waals surface area contributed by atoms with Crippen molar-refractivity contribution in [3.63, 3.8) is 0 Å². The number of aliphatic hydroxyl groups is 1. The Hall–Kier alpha value is -1.83. The Morgan fingerprint density at radius 3 is 2.67 bits per heavy atom. The maximum Gasteiger partial charge on any atom is 0.246 e. The van der Waals surface area contributed by atoms with Gasteiger partial charge >= 0.3 is 0 Å². The molecule has 1 aromatic carbocycles. The van der Waals surface area contributed by atoms with E-state index in [0.717, 1.165) is 16.4 Å². The highest BCUT2D eigenvalue weighted by atomic mass is 32.2.